The standard InChI is InChI=1S/C67H138O10Si6/c1-47(58(74-80(30,31)64(13,14)15)51(5)60(76-82(34,35)66(19,20)21)49(3)45-72-78(26,27)62(7,8)9)42-57(73-79(28,29)63(10,11)12)56(69)43-55(68)50(4)61(77-83(36,37)67(22,23)24)52(6)59(75-81(32,33)65(16,17)18)48(2)44-71-46-53-38-40-54(70-25)41-39-53/h38-41,47-52,55,57-61,68H,42-46H2,1-37H3/t47-,48-,49-,50+,51+,52+,55-,57-,58-,59-,60-,61-/m0/s1. The summed E-state index contributed by atoms with van der Waals surface area (Å²) in [7, 11) is -12.6. The second-order valence-electron chi connectivity index (χ2n) is 35.2. The largest absolute Gasteiger partial charge is 0.497 e. The summed E-state index contributed by atoms with van der Waals surface area (Å²) in [6.45, 7) is 84.0. The third-order valence-corrected chi connectivity index (χ3v) is 48.6. The van der Waals surface area contributed by atoms with Crippen molar-refractivity contribution in [3.8, 4) is 5.75 Å². The van der Waals surface area contributed by atoms with E-state index in [-0.39, 0.29) is 90.3 Å². The second kappa shape index (κ2) is 29.7. The summed E-state index contributed by atoms with van der Waals surface area (Å²) >= 11 is 0. The average molecular weight is 1270 g/mol. The summed E-state index contributed by atoms with van der Waals surface area (Å²) in [5.41, 5.74) is 1.07. The molecule has 0 bridgehead atoms. The van der Waals surface area contributed by atoms with E-state index in [0.29, 0.717) is 26.2 Å². The molecule has 0 aliphatic heterocycles. The van der Waals surface area contributed by atoms with Crippen LogP contribution in [0, 0.1) is 35.5 Å². The fraction of sp³-hybridized carbons (Fsp3) is 0.896. The van der Waals surface area contributed by atoms with Crippen LogP contribution in [-0.4, -0.2) is 118 Å². The average Bonchev–Trinajstić information content (AvgIpc) is 3.34. The maximum absolute atomic E-state index is 15.7. The number of benzene rings is 1. The molecule has 1 N–H and O–H groups in total. The minimum absolute atomic E-state index is 0.0128. The van der Waals surface area contributed by atoms with Crippen LogP contribution >= 0.6 is 0 Å². The van der Waals surface area contributed by atoms with Gasteiger partial charge in [0, 0.05) is 42.6 Å². The van der Waals surface area contributed by atoms with Gasteiger partial charge in [-0.2, -0.15) is 0 Å². The van der Waals surface area contributed by atoms with E-state index >= 15 is 4.79 Å². The van der Waals surface area contributed by atoms with Gasteiger partial charge in [0.25, 0.3) is 0 Å². The zero-order valence-corrected chi connectivity index (χ0v) is 67.4. The van der Waals surface area contributed by atoms with Gasteiger partial charge in [-0.05, 0) is 139 Å². The van der Waals surface area contributed by atoms with E-state index in [1.54, 1.807) is 7.11 Å². The van der Waals surface area contributed by atoms with Crippen LogP contribution in [-0.2, 0) is 42.7 Å². The van der Waals surface area contributed by atoms with Gasteiger partial charge in [0.1, 0.15) is 11.9 Å². The third-order valence-electron chi connectivity index (χ3n) is 21.7. The van der Waals surface area contributed by atoms with Crippen LogP contribution in [0.2, 0.25) is 109 Å². The minimum Gasteiger partial charge on any atom is -0.497 e. The molecule has 0 spiro atoms. The Bertz CT molecular complexity index is 2100. The van der Waals surface area contributed by atoms with Crippen LogP contribution in [0.15, 0.2) is 24.3 Å². The Kier molecular flexibility index (Phi) is 28.9. The van der Waals surface area contributed by atoms with E-state index in [2.05, 4.69) is 245 Å². The molecule has 0 heterocycles. The molecular formula is C67H138O10Si6. The highest BCUT2D eigenvalue weighted by Crippen LogP contribution is 2.48. The molecule has 0 aliphatic carbocycles. The van der Waals surface area contributed by atoms with E-state index in [0.717, 1.165) is 11.3 Å². The van der Waals surface area contributed by atoms with Crippen molar-refractivity contribution in [2.24, 2.45) is 35.5 Å². The number of carbonyl (C=O) groups is 1. The number of carbonyl (C=O) groups excluding carboxylic acids is 1. The molecule has 12 atom stereocenters. The molecule has 0 aromatic heterocycles. The van der Waals surface area contributed by atoms with Gasteiger partial charge in [-0.1, -0.05) is 178 Å². The van der Waals surface area contributed by atoms with Gasteiger partial charge in [0.15, 0.2) is 55.7 Å². The summed E-state index contributed by atoms with van der Waals surface area (Å²) in [5, 5.41) is 12.5. The first-order chi connectivity index (χ1) is 36.7. The van der Waals surface area contributed by atoms with Crippen LogP contribution in [0.5, 0.6) is 5.75 Å². The molecule has 1 aromatic carbocycles. The number of hydrogen-bond donors (Lipinski definition) is 1. The summed E-state index contributed by atoms with van der Waals surface area (Å²) in [6.07, 6.45) is -2.50. The van der Waals surface area contributed by atoms with Gasteiger partial charge in [-0.15, -0.1) is 0 Å². The molecule has 0 amide bonds. The molecule has 10 nitrogen and oxygen atoms in total. The van der Waals surface area contributed by atoms with E-state index in [1.807, 2.05) is 24.3 Å². The number of ether oxygens (including phenoxy) is 2. The van der Waals surface area contributed by atoms with Gasteiger partial charge in [0.05, 0.1) is 50.8 Å². The van der Waals surface area contributed by atoms with Crippen LogP contribution in [0.4, 0.5) is 0 Å². The maximum atomic E-state index is 15.7. The summed E-state index contributed by atoms with van der Waals surface area (Å²) in [6, 6.07) is 8.02. The lowest BCUT2D eigenvalue weighted by Crippen LogP contribution is -2.55. The molecule has 490 valence electrons. The van der Waals surface area contributed by atoms with Crippen molar-refractivity contribution in [2.45, 2.75) is 331 Å². The van der Waals surface area contributed by atoms with Crippen molar-refractivity contribution >= 4 is 55.7 Å². The molecule has 0 saturated carbocycles. The predicted molar refractivity (Wildman–Crippen MR) is 371 cm³/mol. The van der Waals surface area contributed by atoms with Crippen molar-refractivity contribution < 1.29 is 45.9 Å². The molecule has 83 heavy (non-hydrogen) atoms. The lowest BCUT2D eigenvalue weighted by molar-refractivity contribution is -0.131. The van der Waals surface area contributed by atoms with Crippen LogP contribution in [0.3, 0.4) is 0 Å². The Morgan fingerprint density at radius 1 is 0.434 bits per heavy atom. The molecule has 0 radical (unpaired) electrons. The van der Waals surface area contributed by atoms with Crippen molar-refractivity contribution in [2.75, 3.05) is 20.3 Å². The number of hydrogen-bond acceptors (Lipinski definition) is 10. The number of aliphatic hydroxyl groups is 1. The molecular weight excluding hydrogens is 1130 g/mol. The minimum atomic E-state index is -2.56. The molecule has 1 rings (SSSR count). The highest BCUT2D eigenvalue weighted by atomic mass is 28.4. The van der Waals surface area contributed by atoms with Gasteiger partial charge in [0.2, 0.25) is 0 Å². The third kappa shape index (κ3) is 22.8. The number of ketones is 1. The van der Waals surface area contributed by atoms with Crippen LogP contribution < -0.4 is 4.74 Å². The predicted octanol–water partition coefficient (Wildman–Crippen LogP) is 19.7. The van der Waals surface area contributed by atoms with E-state index < -0.39 is 74.1 Å². The second-order valence-corrected chi connectivity index (χ2v) is 63.7. The Hall–Kier alpha value is -0.329. The SMILES string of the molecule is COc1ccc(COC[C@H](C)[C@H](O[Si](C)(C)C(C)(C)C)[C@@H](C)[C@@H](O[Si](C)(C)C(C)(C)C)[C@H](C)[C@@H](O)CC(=O)[C@H](C[C@H](C)[C@H](O[Si](C)(C)C(C)(C)C)[C@@H](C)[C@@H](O[Si](C)(C)C(C)(C)C)[C@@H](C)CO[Si](C)(C)C(C)(C)C)O[Si](C)(C)C(C)(C)C)cc1. The van der Waals surface area contributed by atoms with Crippen LogP contribution in [0.25, 0.3) is 0 Å². The number of methoxy groups -OCH3 is 1. The number of Topliss-reactive ketones (excluding diaryl/α,β-unsaturated/α-hetero) is 1. The zero-order chi connectivity index (χ0) is 65.7. The number of rotatable bonds is 32. The normalized spacial score (nSPS) is 19.0. The fourth-order valence-corrected chi connectivity index (χ4v) is 17.5. The van der Waals surface area contributed by atoms with E-state index in [1.165, 1.54) is 0 Å². The Morgan fingerprint density at radius 2 is 0.747 bits per heavy atom. The van der Waals surface area contributed by atoms with Crippen LogP contribution in [0.1, 0.15) is 185 Å². The van der Waals surface area contributed by atoms with Gasteiger partial charge in [-0.3, -0.25) is 4.79 Å². The molecule has 0 aliphatic rings. The first-order valence-corrected chi connectivity index (χ1v) is 49.6. The number of aliphatic hydroxyl groups excluding tert-OH is 1. The Balaban J connectivity index is 4.16. The molecule has 1 aromatic rings. The highest BCUT2D eigenvalue weighted by molar-refractivity contribution is 6.76. The van der Waals surface area contributed by atoms with Crippen molar-refractivity contribution in [3.63, 3.8) is 0 Å². The van der Waals surface area contributed by atoms with Gasteiger partial charge < -0.3 is 41.1 Å². The first kappa shape index (κ1) is 80.7. The molecule has 0 unspecified atom stereocenters. The molecule has 16 heteroatoms. The highest BCUT2D eigenvalue weighted by Gasteiger charge is 2.51. The summed E-state index contributed by atoms with van der Waals surface area (Å²) < 4.78 is 56.8. The summed E-state index contributed by atoms with van der Waals surface area (Å²) in [5.74, 6) is 0.0594. The fourth-order valence-electron chi connectivity index (χ4n) is 9.18. The van der Waals surface area contributed by atoms with Gasteiger partial charge in [-0.25, -0.2) is 0 Å². The van der Waals surface area contributed by atoms with Gasteiger partial charge >= 0.3 is 0 Å². The molecule has 0 saturated heterocycles. The Labute approximate surface area is 521 Å². The lowest BCUT2D eigenvalue weighted by atomic mass is 9.80. The lowest BCUT2D eigenvalue weighted by Gasteiger charge is -2.49. The zero-order valence-electron chi connectivity index (χ0n) is 61.4. The quantitative estimate of drug-likeness (QED) is 0.0700. The first-order valence-electron chi connectivity index (χ1n) is 32.2. The Morgan fingerprint density at radius 3 is 1.10 bits per heavy atom. The van der Waals surface area contributed by atoms with E-state index in [9.17, 15) is 5.11 Å². The topological polar surface area (TPSA) is 111 Å². The van der Waals surface area contributed by atoms with E-state index in [4.69, 9.17) is 36.0 Å². The maximum Gasteiger partial charge on any atom is 0.193 e. The van der Waals surface area contributed by atoms with Crippen molar-refractivity contribution in [1.29, 1.82) is 0 Å². The summed E-state index contributed by atoms with van der Waals surface area (Å²) in [4.78, 5) is 15.7. The monoisotopic (exact) mass is 1270 g/mol. The molecule has 0 fully saturated rings. The van der Waals surface area contributed by atoms with Crippen molar-refractivity contribution in [3.05, 3.63) is 29.8 Å². The van der Waals surface area contributed by atoms with Crippen molar-refractivity contribution in [1.82, 2.24) is 0 Å². The smallest absolute Gasteiger partial charge is 0.193 e.